The van der Waals surface area contributed by atoms with Gasteiger partial charge < -0.3 is 9.47 Å². The van der Waals surface area contributed by atoms with Crippen LogP contribution in [0.3, 0.4) is 0 Å². The number of ketones is 1. The van der Waals surface area contributed by atoms with Crippen LogP contribution >= 0.6 is 0 Å². The van der Waals surface area contributed by atoms with Crippen molar-refractivity contribution in [3.8, 4) is 0 Å². The number of hydrogen-bond acceptors (Lipinski definition) is 4. The first-order chi connectivity index (χ1) is 15.8. The second kappa shape index (κ2) is 6.14. The third kappa shape index (κ3) is 2.24. The monoisotopic (exact) mass is 468 g/mol. The summed E-state index contributed by atoms with van der Waals surface area (Å²) in [5.41, 5.74) is 0.287. The van der Waals surface area contributed by atoms with Crippen LogP contribution in [-0.4, -0.2) is 30.1 Å². The Bertz CT molecular complexity index is 980. The average Bonchev–Trinajstić information content (AvgIpc) is 3.45. The molecule has 0 aromatic heterocycles. The molecule has 1 spiro atoms. The summed E-state index contributed by atoms with van der Waals surface area (Å²) in [5, 5.41) is 0. The number of epoxide rings is 1. The number of rotatable bonds is 0. The van der Waals surface area contributed by atoms with Crippen molar-refractivity contribution in [3.05, 3.63) is 0 Å². The highest BCUT2D eigenvalue weighted by Gasteiger charge is 2.78. The lowest BCUT2D eigenvalue weighted by molar-refractivity contribution is -0.234. The van der Waals surface area contributed by atoms with Crippen LogP contribution in [0.4, 0.5) is 0 Å². The Morgan fingerprint density at radius 1 is 0.794 bits per heavy atom. The Morgan fingerprint density at radius 3 is 2.24 bits per heavy atom. The van der Waals surface area contributed by atoms with Gasteiger partial charge in [-0.05, 0) is 96.7 Å². The molecule has 2 aliphatic heterocycles. The highest BCUT2D eigenvalue weighted by Crippen LogP contribution is 2.78. The number of ether oxygens (including phenoxy) is 2. The molecule has 34 heavy (non-hydrogen) atoms. The van der Waals surface area contributed by atoms with E-state index in [1.165, 1.54) is 38.5 Å². The maximum Gasteiger partial charge on any atom is 0.341 e. The van der Waals surface area contributed by atoms with Crippen molar-refractivity contribution >= 4 is 11.8 Å². The molecule has 2 saturated heterocycles. The van der Waals surface area contributed by atoms with E-state index in [9.17, 15) is 9.59 Å². The van der Waals surface area contributed by atoms with E-state index in [2.05, 4.69) is 41.5 Å². The summed E-state index contributed by atoms with van der Waals surface area (Å²) in [6, 6.07) is 0. The van der Waals surface area contributed by atoms with Crippen molar-refractivity contribution in [3.63, 3.8) is 0 Å². The van der Waals surface area contributed by atoms with E-state index >= 15 is 0 Å². The van der Waals surface area contributed by atoms with Gasteiger partial charge in [-0.1, -0.05) is 41.5 Å². The second-order valence-electron chi connectivity index (χ2n) is 15.3. The SMILES string of the molecule is CC1(C)C(=O)CC[C@@]2(C)[C@@H]1CC[C@]1(C)[C@@H]2CC[C@H]2[C@H]3[C@H]4[C@@H](C[C@]3(C)CC[C@]21C)OC(=O)[C@@]41CO1. The number of carbonyl (C=O) groups excluding carboxylic acids is 2. The molecule has 7 rings (SSSR count). The molecule has 5 aliphatic carbocycles. The molecule has 188 valence electrons. The molecule has 4 heteroatoms. The first-order valence-electron chi connectivity index (χ1n) is 14.2. The van der Waals surface area contributed by atoms with E-state index in [4.69, 9.17) is 9.47 Å². The van der Waals surface area contributed by atoms with Crippen LogP contribution in [0.2, 0.25) is 0 Å². The molecular weight excluding hydrogens is 424 g/mol. The summed E-state index contributed by atoms with van der Waals surface area (Å²) < 4.78 is 11.9. The van der Waals surface area contributed by atoms with Gasteiger partial charge in [-0.25, -0.2) is 4.79 Å². The molecule has 2 heterocycles. The van der Waals surface area contributed by atoms with Crippen molar-refractivity contribution in [1.29, 1.82) is 0 Å². The van der Waals surface area contributed by atoms with Crippen molar-refractivity contribution < 1.29 is 19.1 Å². The maximum absolute atomic E-state index is 13.0. The molecule has 0 unspecified atom stereocenters. The third-order valence-electron chi connectivity index (χ3n) is 14.2. The number of fused-ring (bicyclic) bond motifs is 10. The van der Waals surface area contributed by atoms with E-state index in [-0.39, 0.29) is 45.1 Å². The minimum Gasteiger partial charge on any atom is -0.460 e. The van der Waals surface area contributed by atoms with E-state index < -0.39 is 5.60 Å². The molecule has 4 nitrogen and oxygen atoms in total. The topological polar surface area (TPSA) is 55.9 Å². The fourth-order valence-electron chi connectivity index (χ4n) is 12.2. The molecule has 7 fully saturated rings. The Kier molecular flexibility index (Phi) is 4.03. The fourth-order valence-corrected chi connectivity index (χ4v) is 12.2. The average molecular weight is 469 g/mol. The number of esters is 1. The number of hydrogen-bond donors (Lipinski definition) is 0. The van der Waals surface area contributed by atoms with Crippen LogP contribution in [0.25, 0.3) is 0 Å². The molecular formula is C30H44O4. The Balaban J connectivity index is 1.29. The summed E-state index contributed by atoms with van der Waals surface area (Å²) in [6.45, 7) is 15.4. The zero-order valence-corrected chi connectivity index (χ0v) is 22.2. The maximum atomic E-state index is 13.0. The largest absolute Gasteiger partial charge is 0.460 e. The van der Waals surface area contributed by atoms with Gasteiger partial charge in [-0.15, -0.1) is 0 Å². The smallest absolute Gasteiger partial charge is 0.341 e. The standard InChI is InChI=1S/C30H44O4/c1-25(2)19-9-12-29(6)20(27(19,4)11-10-21(25)31)8-7-17-22-23-18(34-24(32)30(23)16-33-30)15-26(22,3)13-14-28(17,29)5/h17-20,22-23H,7-16H2,1-6H3/t17-,18+,19+,20+,22-,23+,26-,27-,28+,29+,30+/m0/s1. The summed E-state index contributed by atoms with van der Waals surface area (Å²) in [4.78, 5) is 25.7. The van der Waals surface area contributed by atoms with E-state index in [1.54, 1.807) is 0 Å². The van der Waals surface area contributed by atoms with Crippen molar-refractivity contribution in [2.45, 2.75) is 111 Å². The normalized spacial score (nSPS) is 61.1. The summed E-state index contributed by atoms with van der Waals surface area (Å²) in [7, 11) is 0. The molecule has 11 atom stereocenters. The third-order valence-corrected chi connectivity index (χ3v) is 14.2. The molecule has 0 radical (unpaired) electrons. The van der Waals surface area contributed by atoms with Gasteiger partial charge in [0, 0.05) is 17.8 Å². The van der Waals surface area contributed by atoms with Gasteiger partial charge in [-0.3, -0.25) is 4.79 Å². The van der Waals surface area contributed by atoms with Gasteiger partial charge in [-0.2, -0.15) is 0 Å². The molecule has 7 aliphatic rings. The molecule has 5 saturated carbocycles. The van der Waals surface area contributed by atoms with E-state index in [0.717, 1.165) is 19.3 Å². The molecule has 0 bridgehead atoms. The lowest BCUT2D eigenvalue weighted by Crippen LogP contribution is -2.66. The Morgan fingerprint density at radius 2 is 1.53 bits per heavy atom. The lowest BCUT2D eigenvalue weighted by Gasteiger charge is -2.72. The lowest BCUT2D eigenvalue weighted by atomic mass is 9.32. The fraction of sp³-hybridized carbons (Fsp3) is 0.933. The summed E-state index contributed by atoms with van der Waals surface area (Å²) in [5.74, 6) is 3.03. The van der Waals surface area contributed by atoms with Crippen molar-refractivity contribution in [1.82, 2.24) is 0 Å². The first kappa shape index (κ1) is 22.3. The predicted molar refractivity (Wildman–Crippen MR) is 129 cm³/mol. The second-order valence-corrected chi connectivity index (χ2v) is 15.3. The zero-order valence-electron chi connectivity index (χ0n) is 22.2. The summed E-state index contributed by atoms with van der Waals surface area (Å²) >= 11 is 0. The van der Waals surface area contributed by atoms with Crippen LogP contribution in [0.15, 0.2) is 0 Å². The van der Waals surface area contributed by atoms with Crippen LogP contribution in [-0.2, 0) is 19.1 Å². The van der Waals surface area contributed by atoms with Gasteiger partial charge in [0.15, 0.2) is 5.60 Å². The number of carbonyl (C=O) groups is 2. The van der Waals surface area contributed by atoms with Crippen LogP contribution in [0.5, 0.6) is 0 Å². The van der Waals surface area contributed by atoms with Crippen LogP contribution in [0.1, 0.15) is 99.3 Å². The van der Waals surface area contributed by atoms with Gasteiger partial charge >= 0.3 is 5.97 Å². The van der Waals surface area contributed by atoms with Gasteiger partial charge in [0.25, 0.3) is 0 Å². The molecule has 0 aromatic rings. The van der Waals surface area contributed by atoms with Crippen molar-refractivity contribution in [2.75, 3.05) is 6.61 Å². The Labute approximate surface area is 205 Å². The highest BCUT2D eigenvalue weighted by molar-refractivity contribution is 5.86. The molecule has 0 aromatic carbocycles. The van der Waals surface area contributed by atoms with Gasteiger partial charge in [0.1, 0.15) is 11.9 Å². The zero-order chi connectivity index (χ0) is 24.1. The number of Topliss-reactive ketones (excluding diaryl/α,β-unsaturated/α-hetero) is 1. The predicted octanol–water partition coefficient (Wildman–Crippen LogP) is 5.96. The minimum absolute atomic E-state index is 0.0660. The summed E-state index contributed by atoms with van der Waals surface area (Å²) in [6.07, 6.45) is 10.5. The van der Waals surface area contributed by atoms with Crippen LogP contribution < -0.4 is 0 Å². The van der Waals surface area contributed by atoms with E-state index in [1.807, 2.05) is 0 Å². The van der Waals surface area contributed by atoms with Gasteiger partial charge in [0.05, 0.1) is 6.61 Å². The highest BCUT2D eigenvalue weighted by atomic mass is 16.7. The van der Waals surface area contributed by atoms with Crippen LogP contribution in [0, 0.1) is 56.7 Å². The van der Waals surface area contributed by atoms with Crippen molar-refractivity contribution in [2.24, 2.45) is 56.7 Å². The molecule has 0 N–H and O–H groups in total. The minimum atomic E-state index is -0.611. The Hall–Kier alpha value is -0.900. The first-order valence-corrected chi connectivity index (χ1v) is 14.2. The quantitative estimate of drug-likeness (QED) is 0.325. The van der Waals surface area contributed by atoms with E-state index in [0.29, 0.717) is 36.1 Å². The molecule has 0 amide bonds. The van der Waals surface area contributed by atoms with Gasteiger partial charge in [0.2, 0.25) is 0 Å².